The Kier molecular flexibility index (Phi) is 4.10. The maximum absolute atomic E-state index is 5.96. The highest BCUT2D eigenvalue weighted by Gasteiger charge is 1.95. The number of aryl methyl sites for hydroxylation is 1. The van der Waals surface area contributed by atoms with E-state index in [0.717, 1.165) is 20.6 Å². The first kappa shape index (κ1) is 10.9. The second-order valence-electron chi connectivity index (χ2n) is 2.66. The number of benzene rings is 1. The lowest BCUT2D eigenvalue weighted by molar-refractivity contribution is 1.46. The highest BCUT2D eigenvalue weighted by Crippen LogP contribution is 2.19. The molecule has 3 heteroatoms. The summed E-state index contributed by atoms with van der Waals surface area (Å²) in [6, 6.07) is 5.90. The molecule has 0 N–H and O–H groups in total. The zero-order valence-electron chi connectivity index (χ0n) is 7.05. The van der Waals surface area contributed by atoms with Crippen LogP contribution in [0.3, 0.4) is 0 Å². The summed E-state index contributed by atoms with van der Waals surface area (Å²) in [5.74, 6) is 0. The van der Waals surface area contributed by atoms with Crippen LogP contribution in [0.1, 0.15) is 11.1 Å². The average molecular weight is 276 g/mol. The predicted molar refractivity (Wildman–Crippen MR) is 66.7 cm³/mol. The van der Waals surface area contributed by atoms with Crippen LogP contribution in [0.25, 0.3) is 6.08 Å². The normalized spacial score (nSPS) is 11.5. The number of hydrogen-bond donors (Lipinski definition) is 0. The van der Waals surface area contributed by atoms with Crippen LogP contribution in [-0.4, -0.2) is 5.37 Å². The number of rotatable bonds is 2. The van der Waals surface area contributed by atoms with Gasteiger partial charge in [-0.05, 0) is 46.1 Å². The van der Waals surface area contributed by atoms with E-state index in [0.29, 0.717) is 0 Å². The molecule has 0 aliphatic heterocycles. The molecule has 1 rings (SSSR count). The summed E-state index contributed by atoms with van der Waals surface area (Å²) in [6.45, 7) is 1.98. The summed E-state index contributed by atoms with van der Waals surface area (Å²) in [4.78, 5) is 0. The number of hydrogen-bond acceptors (Lipinski definition) is 1. The van der Waals surface area contributed by atoms with Crippen LogP contribution in [0.2, 0.25) is 5.02 Å². The molecule has 0 heterocycles. The molecular formula is C10H8BrClS. The summed E-state index contributed by atoms with van der Waals surface area (Å²) >= 11 is 14.0. The number of halogens is 2. The molecular weight excluding hydrogens is 268 g/mol. The van der Waals surface area contributed by atoms with Gasteiger partial charge in [0.2, 0.25) is 0 Å². The monoisotopic (exact) mass is 274 g/mol. The van der Waals surface area contributed by atoms with Gasteiger partial charge in [-0.3, -0.25) is 0 Å². The van der Waals surface area contributed by atoms with E-state index in [4.69, 9.17) is 23.8 Å². The van der Waals surface area contributed by atoms with Crippen molar-refractivity contribution < 1.29 is 0 Å². The van der Waals surface area contributed by atoms with E-state index < -0.39 is 0 Å². The van der Waals surface area contributed by atoms with Gasteiger partial charge in [0.1, 0.15) is 0 Å². The molecule has 1 aromatic carbocycles. The fourth-order valence-corrected chi connectivity index (χ4v) is 1.41. The Balaban J connectivity index is 3.04. The fraction of sp³-hybridized carbons (Fsp3) is 0.100. The number of thiocarbonyl (C=S) groups is 1. The van der Waals surface area contributed by atoms with Gasteiger partial charge in [0.15, 0.2) is 0 Å². The minimum Gasteiger partial charge on any atom is -0.0875 e. The molecule has 0 spiro atoms. The Bertz CT molecular complexity index is 358. The van der Waals surface area contributed by atoms with Crippen molar-refractivity contribution in [1.82, 2.24) is 0 Å². The van der Waals surface area contributed by atoms with Crippen LogP contribution >= 0.6 is 39.7 Å². The van der Waals surface area contributed by atoms with Gasteiger partial charge >= 0.3 is 0 Å². The van der Waals surface area contributed by atoms with E-state index in [2.05, 4.69) is 15.9 Å². The Morgan fingerprint density at radius 3 is 2.77 bits per heavy atom. The lowest BCUT2D eigenvalue weighted by atomic mass is 10.1. The highest BCUT2D eigenvalue weighted by atomic mass is 79.9. The quantitative estimate of drug-likeness (QED) is 0.570. The molecule has 68 valence electrons. The van der Waals surface area contributed by atoms with E-state index in [1.54, 1.807) is 5.37 Å². The maximum atomic E-state index is 5.96. The molecule has 0 saturated heterocycles. The first-order valence-electron chi connectivity index (χ1n) is 3.72. The van der Waals surface area contributed by atoms with Crippen molar-refractivity contribution in [1.29, 1.82) is 0 Å². The molecule has 0 radical (unpaired) electrons. The van der Waals surface area contributed by atoms with Crippen molar-refractivity contribution >= 4 is 51.2 Å². The van der Waals surface area contributed by atoms with E-state index in [-0.39, 0.29) is 0 Å². The molecule has 0 aliphatic rings. The van der Waals surface area contributed by atoms with E-state index >= 15 is 0 Å². The third-order valence-electron chi connectivity index (χ3n) is 1.61. The minimum absolute atomic E-state index is 0.776. The van der Waals surface area contributed by atoms with Gasteiger partial charge < -0.3 is 0 Å². The zero-order chi connectivity index (χ0) is 9.84. The molecule has 0 bridgehead atoms. The SMILES string of the molecule is Cc1ccc(/C=C(\Br)C=S)cc1Cl. The molecule has 0 unspecified atom stereocenters. The first-order chi connectivity index (χ1) is 6.13. The smallest absolute Gasteiger partial charge is 0.0441 e. The van der Waals surface area contributed by atoms with Crippen LogP contribution in [0.4, 0.5) is 0 Å². The van der Waals surface area contributed by atoms with E-state index in [1.165, 1.54) is 0 Å². The molecule has 1 aromatic rings. The van der Waals surface area contributed by atoms with Crippen molar-refractivity contribution in [2.75, 3.05) is 0 Å². The second kappa shape index (κ2) is 4.89. The van der Waals surface area contributed by atoms with Gasteiger partial charge in [0, 0.05) is 14.9 Å². The largest absolute Gasteiger partial charge is 0.0875 e. The second-order valence-corrected chi connectivity index (χ2v) is 4.21. The summed E-state index contributed by atoms with van der Waals surface area (Å²) in [6.07, 6.45) is 1.93. The summed E-state index contributed by atoms with van der Waals surface area (Å²) < 4.78 is 0.877. The van der Waals surface area contributed by atoms with Gasteiger partial charge in [-0.15, -0.1) is 0 Å². The van der Waals surface area contributed by atoms with Crippen molar-refractivity contribution in [2.45, 2.75) is 6.92 Å². The van der Waals surface area contributed by atoms with Gasteiger partial charge in [-0.2, -0.15) is 0 Å². The van der Waals surface area contributed by atoms with E-state index in [1.807, 2.05) is 31.2 Å². The zero-order valence-corrected chi connectivity index (χ0v) is 10.2. The summed E-state index contributed by atoms with van der Waals surface area (Å²) in [5.41, 5.74) is 2.13. The van der Waals surface area contributed by atoms with Gasteiger partial charge in [-0.25, -0.2) is 0 Å². The first-order valence-corrected chi connectivity index (χ1v) is 5.36. The van der Waals surface area contributed by atoms with Crippen LogP contribution in [0.15, 0.2) is 22.7 Å². The molecule has 0 nitrogen and oxygen atoms in total. The van der Waals surface area contributed by atoms with Crippen LogP contribution in [0.5, 0.6) is 0 Å². The van der Waals surface area contributed by atoms with Crippen LogP contribution in [-0.2, 0) is 0 Å². The van der Waals surface area contributed by atoms with Crippen LogP contribution < -0.4 is 0 Å². The maximum Gasteiger partial charge on any atom is 0.0441 e. The van der Waals surface area contributed by atoms with Crippen molar-refractivity contribution in [3.8, 4) is 0 Å². The Morgan fingerprint density at radius 2 is 2.23 bits per heavy atom. The number of allylic oxidation sites excluding steroid dienone is 1. The molecule has 0 saturated carbocycles. The van der Waals surface area contributed by atoms with Gasteiger partial charge in [0.25, 0.3) is 0 Å². The van der Waals surface area contributed by atoms with Gasteiger partial charge in [-0.1, -0.05) is 36.0 Å². The Morgan fingerprint density at radius 1 is 1.54 bits per heavy atom. The molecule has 0 aromatic heterocycles. The summed E-state index contributed by atoms with van der Waals surface area (Å²) in [7, 11) is 0. The van der Waals surface area contributed by atoms with Crippen molar-refractivity contribution in [3.05, 3.63) is 38.8 Å². The van der Waals surface area contributed by atoms with Gasteiger partial charge in [0.05, 0.1) is 0 Å². The minimum atomic E-state index is 0.776. The molecule has 0 atom stereocenters. The van der Waals surface area contributed by atoms with Crippen LogP contribution in [0, 0.1) is 6.92 Å². The molecule has 0 fully saturated rings. The standard InChI is InChI=1S/C10H8BrClS/c1-7-2-3-8(5-10(7)12)4-9(11)6-13/h2-6H,1H3/b9-4-. The summed E-state index contributed by atoms with van der Waals surface area (Å²) in [5, 5.41) is 2.35. The lowest BCUT2D eigenvalue weighted by Gasteiger charge is -1.99. The fourth-order valence-electron chi connectivity index (χ4n) is 0.892. The van der Waals surface area contributed by atoms with Crippen molar-refractivity contribution in [3.63, 3.8) is 0 Å². The third-order valence-corrected chi connectivity index (χ3v) is 3.04. The topological polar surface area (TPSA) is 0 Å². The Labute approximate surface area is 96.7 Å². The third kappa shape index (κ3) is 3.22. The molecule has 0 amide bonds. The molecule has 0 aliphatic carbocycles. The molecule has 13 heavy (non-hydrogen) atoms. The average Bonchev–Trinajstić information content (AvgIpc) is 2.11. The van der Waals surface area contributed by atoms with E-state index in [9.17, 15) is 0 Å². The Hall–Kier alpha value is -0.180. The predicted octanol–water partition coefficient (Wildman–Crippen LogP) is 4.38. The van der Waals surface area contributed by atoms with Crippen molar-refractivity contribution in [2.24, 2.45) is 0 Å². The lowest BCUT2D eigenvalue weighted by Crippen LogP contribution is -1.78. The highest BCUT2D eigenvalue weighted by molar-refractivity contribution is 9.12.